The highest BCUT2D eigenvalue weighted by atomic mass is 16.4. The van der Waals surface area contributed by atoms with Gasteiger partial charge in [-0.25, -0.2) is 0 Å². The van der Waals surface area contributed by atoms with Crippen molar-refractivity contribution >= 4 is 5.97 Å². The van der Waals surface area contributed by atoms with Crippen LogP contribution in [0.1, 0.15) is 38.3 Å². The lowest BCUT2D eigenvalue weighted by molar-refractivity contribution is -0.137. The molecule has 0 aliphatic rings. The van der Waals surface area contributed by atoms with E-state index in [-0.39, 0.29) is 11.8 Å². The van der Waals surface area contributed by atoms with Crippen LogP contribution in [0.4, 0.5) is 0 Å². The van der Waals surface area contributed by atoms with Crippen molar-refractivity contribution in [2.75, 3.05) is 20.1 Å². The van der Waals surface area contributed by atoms with Crippen LogP contribution in [-0.4, -0.2) is 36.1 Å². The number of carboxylic acids is 1. The summed E-state index contributed by atoms with van der Waals surface area (Å²) >= 11 is 0. The average molecular weight is 263 g/mol. The number of benzene rings is 1. The lowest BCUT2D eigenvalue weighted by Crippen LogP contribution is -2.24. The van der Waals surface area contributed by atoms with Crippen LogP contribution in [-0.2, 0) is 16.6 Å². The third-order valence-electron chi connectivity index (χ3n) is 3.31. The molecule has 1 aromatic rings. The molecule has 0 saturated carbocycles. The first-order chi connectivity index (χ1) is 8.79. The minimum absolute atomic E-state index is 0.191. The van der Waals surface area contributed by atoms with Crippen LogP contribution >= 0.6 is 0 Å². The van der Waals surface area contributed by atoms with Gasteiger partial charge in [-0.15, -0.1) is 0 Å². The van der Waals surface area contributed by atoms with Crippen molar-refractivity contribution in [3.63, 3.8) is 0 Å². The highest BCUT2D eigenvalue weighted by Crippen LogP contribution is 2.22. The predicted molar refractivity (Wildman–Crippen MR) is 78.6 cm³/mol. The topological polar surface area (TPSA) is 40.5 Å². The van der Waals surface area contributed by atoms with Gasteiger partial charge in [0.05, 0.1) is 6.42 Å². The summed E-state index contributed by atoms with van der Waals surface area (Å²) in [6.45, 7) is 8.13. The monoisotopic (exact) mass is 263 g/mol. The number of aliphatic carboxylic acids is 1. The predicted octanol–water partition coefficient (Wildman–Crippen LogP) is 2.93. The standard InChI is InChI=1S/C16H25NO2/c1-16(2,3)14-7-5-13(6-8-14)9-11-17(4)12-10-15(18)19/h5-8H,9-12H2,1-4H3,(H,18,19). The highest BCUT2D eigenvalue weighted by molar-refractivity contribution is 5.66. The second kappa shape index (κ2) is 6.71. The first-order valence-corrected chi connectivity index (χ1v) is 6.79. The summed E-state index contributed by atoms with van der Waals surface area (Å²) in [7, 11) is 1.96. The van der Waals surface area contributed by atoms with E-state index >= 15 is 0 Å². The van der Waals surface area contributed by atoms with E-state index in [2.05, 4.69) is 49.9 Å². The molecule has 0 fully saturated rings. The summed E-state index contributed by atoms with van der Waals surface area (Å²) in [6, 6.07) is 8.72. The van der Waals surface area contributed by atoms with Crippen LogP contribution in [0, 0.1) is 0 Å². The molecular formula is C16H25NO2. The third-order valence-corrected chi connectivity index (χ3v) is 3.31. The minimum Gasteiger partial charge on any atom is -0.481 e. The second-order valence-electron chi connectivity index (χ2n) is 6.14. The molecular weight excluding hydrogens is 238 g/mol. The van der Waals surface area contributed by atoms with E-state index in [0.717, 1.165) is 13.0 Å². The molecule has 1 N–H and O–H groups in total. The number of hydrogen-bond acceptors (Lipinski definition) is 2. The van der Waals surface area contributed by atoms with E-state index in [1.165, 1.54) is 11.1 Å². The lowest BCUT2D eigenvalue weighted by Gasteiger charge is -2.19. The van der Waals surface area contributed by atoms with Gasteiger partial charge < -0.3 is 10.0 Å². The second-order valence-corrected chi connectivity index (χ2v) is 6.14. The number of likely N-dealkylation sites (N-methyl/N-ethyl adjacent to an activating group) is 1. The molecule has 19 heavy (non-hydrogen) atoms. The fourth-order valence-corrected chi connectivity index (χ4v) is 1.89. The molecule has 0 spiro atoms. The quantitative estimate of drug-likeness (QED) is 0.858. The molecule has 0 unspecified atom stereocenters. The summed E-state index contributed by atoms with van der Waals surface area (Å²) in [5.41, 5.74) is 2.84. The van der Waals surface area contributed by atoms with E-state index in [1.807, 2.05) is 7.05 Å². The zero-order valence-corrected chi connectivity index (χ0v) is 12.4. The molecule has 0 bridgehead atoms. The number of rotatable bonds is 6. The Morgan fingerprint density at radius 1 is 1.16 bits per heavy atom. The van der Waals surface area contributed by atoms with E-state index in [4.69, 9.17) is 5.11 Å². The molecule has 0 saturated heterocycles. The van der Waals surface area contributed by atoms with Crippen molar-refractivity contribution in [3.8, 4) is 0 Å². The maximum atomic E-state index is 10.5. The van der Waals surface area contributed by atoms with Gasteiger partial charge in [0.1, 0.15) is 0 Å². The van der Waals surface area contributed by atoms with Gasteiger partial charge in [0.2, 0.25) is 0 Å². The van der Waals surface area contributed by atoms with Crippen molar-refractivity contribution in [1.29, 1.82) is 0 Å². The van der Waals surface area contributed by atoms with Gasteiger partial charge in [0, 0.05) is 13.1 Å². The Kier molecular flexibility index (Phi) is 5.55. The molecule has 3 heteroatoms. The van der Waals surface area contributed by atoms with Gasteiger partial charge in [0.15, 0.2) is 0 Å². The SMILES string of the molecule is CN(CCC(=O)O)CCc1ccc(C(C)(C)C)cc1. The van der Waals surface area contributed by atoms with Crippen LogP contribution in [0.3, 0.4) is 0 Å². The van der Waals surface area contributed by atoms with E-state index in [0.29, 0.717) is 6.54 Å². The first kappa shape index (κ1) is 15.7. The Morgan fingerprint density at radius 3 is 2.21 bits per heavy atom. The van der Waals surface area contributed by atoms with Crippen LogP contribution < -0.4 is 0 Å². The highest BCUT2D eigenvalue weighted by Gasteiger charge is 2.12. The Bertz CT molecular complexity index is 404. The molecule has 1 aromatic carbocycles. The maximum Gasteiger partial charge on any atom is 0.304 e. The van der Waals surface area contributed by atoms with Crippen molar-refractivity contribution in [1.82, 2.24) is 4.90 Å². The van der Waals surface area contributed by atoms with Gasteiger partial charge in [-0.05, 0) is 30.0 Å². The van der Waals surface area contributed by atoms with Gasteiger partial charge in [0.25, 0.3) is 0 Å². The lowest BCUT2D eigenvalue weighted by atomic mass is 9.86. The van der Waals surface area contributed by atoms with Crippen LogP contribution in [0.15, 0.2) is 24.3 Å². The van der Waals surface area contributed by atoms with Crippen molar-refractivity contribution in [2.24, 2.45) is 0 Å². The summed E-state index contributed by atoms with van der Waals surface area (Å²) in [4.78, 5) is 12.5. The molecule has 1 rings (SSSR count). The molecule has 0 radical (unpaired) electrons. The van der Waals surface area contributed by atoms with Gasteiger partial charge in [-0.3, -0.25) is 4.79 Å². The van der Waals surface area contributed by atoms with Gasteiger partial charge >= 0.3 is 5.97 Å². The Hall–Kier alpha value is -1.35. The number of carboxylic acid groups (broad SMARTS) is 1. The summed E-state index contributed by atoms with van der Waals surface area (Å²) in [6.07, 6.45) is 1.17. The van der Waals surface area contributed by atoms with E-state index in [1.54, 1.807) is 0 Å². The molecule has 3 nitrogen and oxygen atoms in total. The van der Waals surface area contributed by atoms with E-state index in [9.17, 15) is 4.79 Å². The van der Waals surface area contributed by atoms with Crippen molar-refractivity contribution in [3.05, 3.63) is 35.4 Å². The van der Waals surface area contributed by atoms with Crippen LogP contribution in [0.2, 0.25) is 0 Å². The average Bonchev–Trinajstić information content (AvgIpc) is 2.33. The summed E-state index contributed by atoms with van der Waals surface area (Å²) in [5, 5.41) is 8.63. The Morgan fingerprint density at radius 2 is 1.74 bits per heavy atom. The molecule has 0 aromatic heterocycles. The maximum absolute atomic E-state index is 10.5. The van der Waals surface area contributed by atoms with Gasteiger partial charge in [-0.1, -0.05) is 45.0 Å². The largest absolute Gasteiger partial charge is 0.481 e. The zero-order valence-electron chi connectivity index (χ0n) is 12.4. The molecule has 0 atom stereocenters. The fraction of sp³-hybridized carbons (Fsp3) is 0.562. The number of carbonyl (C=O) groups is 1. The normalized spacial score (nSPS) is 11.8. The molecule has 106 valence electrons. The molecule has 0 aliphatic heterocycles. The Labute approximate surface area is 116 Å². The van der Waals surface area contributed by atoms with Crippen molar-refractivity contribution < 1.29 is 9.90 Å². The smallest absolute Gasteiger partial charge is 0.304 e. The summed E-state index contributed by atoms with van der Waals surface area (Å²) < 4.78 is 0. The van der Waals surface area contributed by atoms with Crippen LogP contribution in [0.5, 0.6) is 0 Å². The summed E-state index contributed by atoms with van der Waals surface area (Å²) in [5.74, 6) is -0.735. The third kappa shape index (κ3) is 5.88. The zero-order chi connectivity index (χ0) is 14.5. The van der Waals surface area contributed by atoms with Crippen molar-refractivity contribution in [2.45, 2.75) is 39.0 Å². The Balaban J connectivity index is 2.44. The number of hydrogen-bond donors (Lipinski definition) is 1. The minimum atomic E-state index is -0.735. The van der Waals surface area contributed by atoms with Crippen LogP contribution in [0.25, 0.3) is 0 Å². The molecule has 0 amide bonds. The molecule has 0 aliphatic carbocycles. The van der Waals surface area contributed by atoms with Gasteiger partial charge in [-0.2, -0.15) is 0 Å². The fourth-order valence-electron chi connectivity index (χ4n) is 1.89. The van der Waals surface area contributed by atoms with E-state index < -0.39 is 5.97 Å². The molecule has 0 heterocycles. The number of nitrogens with zero attached hydrogens (tertiary/aromatic N) is 1. The first-order valence-electron chi connectivity index (χ1n) is 6.79.